The van der Waals surface area contributed by atoms with Crippen LogP contribution in [0.2, 0.25) is 0 Å². The first kappa shape index (κ1) is 19.5. The molecule has 5 nitrogen and oxygen atoms in total. The van der Waals surface area contributed by atoms with E-state index in [1.165, 1.54) is 17.0 Å². The van der Waals surface area contributed by atoms with Gasteiger partial charge in [0.05, 0.1) is 24.9 Å². The molecule has 1 N–H and O–H groups in total. The van der Waals surface area contributed by atoms with E-state index in [0.29, 0.717) is 5.11 Å². The highest BCUT2D eigenvalue weighted by molar-refractivity contribution is 7.80. The third kappa shape index (κ3) is 3.38. The number of aryl methyl sites for hydroxylation is 1. The van der Waals surface area contributed by atoms with Crippen molar-refractivity contribution in [1.29, 1.82) is 0 Å². The molecule has 4 rings (SSSR count). The van der Waals surface area contributed by atoms with Crippen LogP contribution >= 0.6 is 12.2 Å². The summed E-state index contributed by atoms with van der Waals surface area (Å²) < 4.78 is 7.68. The monoisotopic (exact) mass is 406 g/mol. The molecule has 0 bridgehead atoms. The highest BCUT2D eigenvalue weighted by atomic mass is 32.1. The fraction of sp³-hybridized carbons (Fsp3) is 0.304. The average molecular weight is 407 g/mol. The second-order valence-electron chi connectivity index (χ2n) is 7.27. The summed E-state index contributed by atoms with van der Waals surface area (Å²) in [5.74, 6) is 0.828. The van der Waals surface area contributed by atoms with Crippen LogP contribution in [0.1, 0.15) is 41.7 Å². The molecule has 1 saturated heterocycles. The van der Waals surface area contributed by atoms with Crippen molar-refractivity contribution in [2.45, 2.75) is 39.4 Å². The summed E-state index contributed by atoms with van der Waals surface area (Å²) in [5, 5.41) is 4.23. The van der Waals surface area contributed by atoms with Gasteiger partial charge in [-0.05, 0) is 81.0 Å². The summed E-state index contributed by atoms with van der Waals surface area (Å²) in [6.45, 7) is 7.47. The van der Waals surface area contributed by atoms with Gasteiger partial charge in [0.25, 0.3) is 0 Å². The Hall–Kier alpha value is -2.86. The van der Waals surface area contributed by atoms with E-state index in [2.05, 4.69) is 64.8 Å². The quantitative estimate of drug-likeness (QED) is 0.622. The van der Waals surface area contributed by atoms with Crippen molar-refractivity contribution in [1.82, 2.24) is 14.9 Å². The second-order valence-corrected chi connectivity index (χ2v) is 7.65. The van der Waals surface area contributed by atoms with Gasteiger partial charge in [0.15, 0.2) is 5.11 Å². The number of benzene rings is 1. The number of rotatable bonds is 5. The van der Waals surface area contributed by atoms with Gasteiger partial charge >= 0.3 is 0 Å². The molecule has 2 atom stereocenters. The van der Waals surface area contributed by atoms with Crippen molar-refractivity contribution >= 4 is 23.0 Å². The van der Waals surface area contributed by atoms with Crippen molar-refractivity contribution in [3.63, 3.8) is 0 Å². The number of nitrogens with zero attached hydrogens (tertiary/aromatic N) is 3. The second kappa shape index (κ2) is 7.87. The van der Waals surface area contributed by atoms with Gasteiger partial charge in [-0.3, -0.25) is 4.98 Å². The van der Waals surface area contributed by atoms with E-state index in [4.69, 9.17) is 17.0 Å². The van der Waals surface area contributed by atoms with Crippen LogP contribution in [0.15, 0.2) is 54.7 Å². The molecule has 0 amide bonds. The molecular formula is C23H26N4OS. The zero-order valence-corrected chi connectivity index (χ0v) is 18.0. The molecular weight excluding hydrogens is 380 g/mol. The molecule has 0 spiro atoms. The number of hydrogen-bond acceptors (Lipinski definition) is 3. The molecule has 0 unspecified atom stereocenters. The van der Waals surface area contributed by atoms with Crippen LogP contribution in [-0.4, -0.2) is 21.8 Å². The minimum atomic E-state index is -0.0309. The van der Waals surface area contributed by atoms with Crippen molar-refractivity contribution < 1.29 is 4.74 Å². The summed E-state index contributed by atoms with van der Waals surface area (Å²) in [6, 6.07) is 16.3. The first-order chi connectivity index (χ1) is 14.0. The molecule has 1 aromatic carbocycles. The highest BCUT2D eigenvalue weighted by Crippen LogP contribution is 2.43. The van der Waals surface area contributed by atoms with Gasteiger partial charge in [-0.1, -0.05) is 6.07 Å². The molecule has 0 aliphatic carbocycles. The molecule has 1 aliphatic heterocycles. The Balaban J connectivity index is 1.85. The van der Waals surface area contributed by atoms with E-state index in [1.54, 1.807) is 7.11 Å². The Bertz CT molecular complexity index is 1010. The number of methoxy groups -OCH3 is 1. The lowest BCUT2D eigenvalue weighted by atomic mass is 9.96. The number of hydrogen-bond donors (Lipinski definition) is 1. The minimum absolute atomic E-state index is 0.0114. The van der Waals surface area contributed by atoms with Crippen LogP contribution in [0.4, 0.5) is 5.69 Å². The maximum Gasteiger partial charge on any atom is 0.174 e. The number of thiocarbonyl (C=S) groups is 1. The third-order valence-corrected chi connectivity index (χ3v) is 6.01. The van der Waals surface area contributed by atoms with Gasteiger partial charge in [0.1, 0.15) is 5.75 Å². The zero-order chi connectivity index (χ0) is 20.5. The lowest BCUT2D eigenvalue weighted by Gasteiger charge is -2.28. The Kier molecular flexibility index (Phi) is 5.28. The lowest BCUT2D eigenvalue weighted by Crippen LogP contribution is -2.29. The van der Waals surface area contributed by atoms with Gasteiger partial charge in [-0.2, -0.15) is 0 Å². The SMILES string of the molecule is CCn1c(C)cc([C@H]2[C@@H](c3ccccn3)NC(=S)N2c2ccc(OC)cc2)c1C. The Morgan fingerprint density at radius 3 is 2.48 bits per heavy atom. The first-order valence-electron chi connectivity index (χ1n) is 9.86. The van der Waals surface area contributed by atoms with E-state index in [1.807, 2.05) is 30.5 Å². The molecule has 0 saturated carbocycles. The van der Waals surface area contributed by atoms with Gasteiger partial charge in [-0.15, -0.1) is 0 Å². The minimum Gasteiger partial charge on any atom is -0.497 e. The summed E-state index contributed by atoms with van der Waals surface area (Å²) >= 11 is 5.80. The van der Waals surface area contributed by atoms with Crippen molar-refractivity contribution in [2.75, 3.05) is 12.0 Å². The fourth-order valence-electron chi connectivity index (χ4n) is 4.31. The maximum atomic E-state index is 5.80. The maximum absolute atomic E-state index is 5.80. The number of anilines is 1. The number of aromatic nitrogens is 2. The largest absolute Gasteiger partial charge is 0.497 e. The van der Waals surface area contributed by atoms with Crippen LogP contribution in [0.25, 0.3) is 0 Å². The van der Waals surface area contributed by atoms with E-state index < -0.39 is 0 Å². The molecule has 3 aromatic rings. The predicted octanol–water partition coefficient (Wildman–Crippen LogP) is 4.71. The fourth-order valence-corrected chi connectivity index (χ4v) is 4.65. The van der Waals surface area contributed by atoms with Gasteiger partial charge in [-0.25, -0.2) is 0 Å². The number of pyridine rings is 1. The molecule has 150 valence electrons. The van der Waals surface area contributed by atoms with Crippen molar-refractivity contribution in [3.8, 4) is 5.75 Å². The van der Waals surface area contributed by atoms with Crippen molar-refractivity contribution in [3.05, 3.63) is 77.4 Å². The summed E-state index contributed by atoms with van der Waals surface area (Å²) in [6.07, 6.45) is 1.84. The number of ether oxygens (including phenoxy) is 1. The molecule has 1 fully saturated rings. The van der Waals surface area contributed by atoms with Crippen LogP contribution < -0.4 is 15.0 Å². The molecule has 0 radical (unpaired) electrons. The van der Waals surface area contributed by atoms with Gasteiger partial charge in [0, 0.05) is 29.8 Å². The number of nitrogens with one attached hydrogen (secondary N) is 1. The Morgan fingerprint density at radius 2 is 1.90 bits per heavy atom. The van der Waals surface area contributed by atoms with E-state index in [9.17, 15) is 0 Å². The lowest BCUT2D eigenvalue weighted by molar-refractivity contribution is 0.415. The summed E-state index contributed by atoms with van der Waals surface area (Å²) in [7, 11) is 1.68. The van der Waals surface area contributed by atoms with Crippen LogP contribution in [-0.2, 0) is 6.54 Å². The van der Waals surface area contributed by atoms with Gasteiger partial charge in [0.2, 0.25) is 0 Å². The van der Waals surface area contributed by atoms with Crippen molar-refractivity contribution in [2.24, 2.45) is 0 Å². The smallest absolute Gasteiger partial charge is 0.174 e. The molecule has 1 aliphatic rings. The molecule has 3 heterocycles. The summed E-state index contributed by atoms with van der Waals surface area (Å²) in [4.78, 5) is 6.83. The Morgan fingerprint density at radius 1 is 1.14 bits per heavy atom. The van der Waals surface area contributed by atoms with E-state index in [0.717, 1.165) is 23.7 Å². The Labute approximate surface area is 177 Å². The zero-order valence-electron chi connectivity index (χ0n) is 17.2. The summed E-state index contributed by atoms with van der Waals surface area (Å²) in [5.41, 5.74) is 5.81. The van der Waals surface area contributed by atoms with E-state index >= 15 is 0 Å². The normalized spacial score (nSPS) is 18.8. The molecule has 29 heavy (non-hydrogen) atoms. The first-order valence-corrected chi connectivity index (χ1v) is 10.3. The highest BCUT2D eigenvalue weighted by Gasteiger charge is 2.42. The van der Waals surface area contributed by atoms with E-state index in [-0.39, 0.29) is 12.1 Å². The van der Waals surface area contributed by atoms with Crippen LogP contribution in [0.5, 0.6) is 5.75 Å². The topological polar surface area (TPSA) is 42.3 Å². The van der Waals surface area contributed by atoms with Crippen LogP contribution in [0, 0.1) is 13.8 Å². The third-order valence-electron chi connectivity index (χ3n) is 5.70. The molecule has 6 heteroatoms. The van der Waals surface area contributed by atoms with Gasteiger partial charge < -0.3 is 19.5 Å². The standard InChI is InChI=1S/C23H26N4OS/c1-5-26-15(2)14-19(16(26)3)22-21(20-8-6-7-13-24-20)25-23(29)27(22)17-9-11-18(28-4)12-10-17/h6-14,21-22H,5H2,1-4H3,(H,25,29)/t21-,22+/m1/s1. The van der Waals surface area contributed by atoms with Crippen LogP contribution in [0.3, 0.4) is 0 Å². The molecule has 2 aromatic heterocycles. The predicted molar refractivity (Wildman–Crippen MR) is 121 cm³/mol. The average Bonchev–Trinajstić information content (AvgIpc) is 3.24.